The minimum absolute atomic E-state index is 0.0579. The molecule has 1 N–H and O–H groups in total. The van der Waals surface area contributed by atoms with E-state index >= 15 is 0 Å². The van der Waals surface area contributed by atoms with E-state index in [1.807, 2.05) is 27.7 Å². The predicted octanol–water partition coefficient (Wildman–Crippen LogP) is 2.31. The molecule has 0 atom stereocenters. The second-order valence-corrected chi connectivity index (χ2v) is 6.15. The van der Waals surface area contributed by atoms with Crippen molar-refractivity contribution < 1.29 is 9.59 Å². The molecule has 2 amide bonds. The van der Waals surface area contributed by atoms with Crippen LogP contribution >= 0.6 is 15.9 Å². The molecule has 18 heavy (non-hydrogen) atoms. The summed E-state index contributed by atoms with van der Waals surface area (Å²) in [4.78, 5) is 25.2. The van der Waals surface area contributed by atoms with Crippen LogP contribution < -0.4 is 5.32 Å². The Hall–Kier alpha value is -0.580. The second kappa shape index (κ2) is 8.51. The number of hydrogen-bond acceptors (Lipinski definition) is 2. The Morgan fingerprint density at radius 1 is 1.22 bits per heavy atom. The molecule has 0 bridgehead atoms. The highest BCUT2D eigenvalue weighted by atomic mass is 79.9. The van der Waals surface area contributed by atoms with E-state index in [1.54, 1.807) is 4.90 Å². The molecule has 0 aliphatic heterocycles. The molecule has 106 valence electrons. The van der Waals surface area contributed by atoms with Gasteiger partial charge in [0, 0.05) is 23.8 Å². The number of nitrogens with one attached hydrogen (secondary N) is 1. The van der Waals surface area contributed by atoms with Gasteiger partial charge in [0.25, 0.3) is 0 Å². The fraction of sp³-hybridized carbons (Fsp3) is 0.846. The molecule has 0 aromatic carbocycles. The second-order valence-electron chi connectivity index (χ2n) is 5.35. The molecule has 0 aliphatic carbocycles. The number of alkyl halides is 1. The maximum absolute atomic E-state index is 11.9. The van der Waals surface area contributed by atoms with Gasteiger partial charge in [-0.25, -0.2) is 0 Å². The third-order valence-corrected chi connectivity index (χ3v) is 2.92. The van der Waals surface area contributed by atoms with E-state index in [4.69, 9.17) is 0 Å². The van der Waals surface area contributed by atoms with Crippen molar-refractivity contribution in [3.8, 4) is 0 Å². The van der Waals surface area contributed by atoms with Crippen LogP contribution in [0.15, 0.2) is 0 Å². The first-order chi connectivity index (χ1) is 8.30. The van der Waals surface area contributed by atoms with Gasteiger partial charge in [0.15, 0.2) is 0 Å². The molecule has 0 unspecified atom stereocenters. The van der Waals surface area contributed by atoms with Gasteiger partial charge < -0.3 is 10.2 Å². The van der Waals surface area contributed by atoms with Gasteiger partial charge in [0.1, 0.15) is 0 Å². The third-order valence-electron chi connectivity index (χ3n) is 2.36. The van der Waals surface area contributed by atoms with Gasteiger partial charge in [-0.1, -0.05) is 15.9 Å². The van der Waals surface area contributed by atoms with Crippen LogP contribution in [0.3, 0.4) is 0 Å². The number of hydrogen-bond donors (Lipinski definition) is 1. The number of amides is 2. The summed E-state index contributed by atoms with van der Waals surface area (Å²) in [6, 6.07) is 0. The minimum Gasteiger partial charge on any atom is -0.350 e. The topological polar surface area (TPSA) is 49.4 Å². The van der Waals surface area contributed by atoms with Gasteiger partial charge in [-0.15, -0.1) is 0 Å². The van der Waals surface area contributed by atoms with Crippen molar-refractivity contribution in [2.24, 2.45) is 0 Å². The van der Waals surface area contributed by atoms with Crippen LogP contribution in [0.2, 0.25) is 0 Å². The Labute approximate surface area is 119 Å². The van der Waals surface area contributed by atoms with Crippen LogP contribution in [0.25, 0.3) is 0 Å². The normalized spacial score (nSPS) is 11.2. The predicted molar refractivity (Wildman–Crippen MR) is 77.8 cm³/mol. The smallest absolute Gasteiger partial charge is 0.240 e. The first-order valence-corrected chi connectivity index (χ1v) is 7.57. The molecule has 0 aromatic heterocycles. The fourth-order valence-electron chi connectivity index (χ4n) is 1.54. The Bertz CT molecular complexity index is 275. The van der Waals surface area contributed by atoms with Crippen LogP contribution in [0.5, 0.6) is 0 Å². The van der Waals surface area contributed by atoms with Crippen molar-refractivity contribution in [3.05, 3.63) is 0 Å². The standard InChI is InChI=1S/C13H25BrN2O2/c1-5-16(12(18)8-6-7-9-14)10-11(17)15-13(2,3)4/h5-10H2,1-4H3,(H,15,17). The number of halogens is 1. The summed E-state index contributed by atoms with van der Waals surface area (Å²) in [5.74, 6) is -0.0410. The summed E-state index contributed by atoms with van der Waals surface area (Å²) in [5.41, 5.74) is -0.254. The Balaban J connectivity index is 4.17. The first-order valence-electron chi connectivity index (χ1n) is 6.45. The minimum atomic E-state index is -0.254. The molecule has 0 fully saturated rings. The maximum atomic E-state index is 11.9. The zero-order chi connectivity index (χ0) is 14.2. The quantitative estimate of drug-likeness (QED) is 0.578. The van der Waals surface area contributed by atoms with Crippen molar-refractivity contribution in [1.29, 1.82) is 0 Å². The van der Waals surface area contributed by atoms with Crippen LogP contribution in [-0.4, -0.2) is 40.7 Å². The van der Waals surface area contributed by atoms with Gasteiger partial charge in [-0.05, 0) is 40.5 Å². The SMILES string of the molecule is CCN(CC(=O)NC(C)(C)C)C(=O)CCCCBr. The molecule has 0 aliphatic rings. The van der Waals surface area contributed by atoms with E-state index in [0.717, 1.165) is 18.2 Å². The largest absolute Gasteiger partial charge is 0.350 e. The van der Waals surface area contributed by atoms with Crippen molar-refractivity contribution in [1.82, 2.24) is 10.2 Å². The van der Waals surface area contributed by atoms with Crippen molar-refractivity contribution in [2.45, 2.75) is 52.5 Å². The number of likely N-dealkylation sites (N-methyl/N-ethyl adjacent to an activating group) is 1. The molecular formula is C13H25BrN2O2. The van der Waals surface area contributed by atoms with Crippen LogP contribution in [0.4, 0.5) is 0 Å². The van der Waals surface area contributed by atoms with Crippen LogP contribution in [0, 0.1) is 0 Å². The highest BCUT2D eigenvalue weighted by Gasteiger charge is 2.18. The summed E-state index contributed by atoms with van der Waals surface area (Å²) in [6.07, 6.45) is 2.36. The third kappa shape index (κ3) is 8.50. The number of carbonyl (C=O) groups excluding carboxylic acids is 2. The number of nitrogens with zero attached hydrogens (tertiary/aromatic N) is 1. The molecule has 0 rings (SSSR count). The van der Waals surface area contributed by atoms with Gasteiger partial charge in [-0.3, -0.25) is 9.59 Å². The lowest BCUT2D eigenvalue weighted by Crippen LogP contribution is -2.47. The molecule has 0 saturated heterocycles. The molecular weight excluding hydrogens is 296 g/mol. The van der Waals surface area contributed by atoms with Crippen LogP contribution in [0.1, 0.15) is 47.0 Å². The van der Waals surface area contributed by atoms with Gasteiger partial charge >= 0.3 is 0 Å². The summed E-state index contributed by atoms with van der Waals surface area (Å²) in [6.45, 7) is 8.41. The lowest BCUT2D eigenvalue weighted by molar-refractivity contribution is -0.136. The van der Waals surface area contributed by atoms with Crippen molar-refractivity contribution in [2.75, 3.05) is 18.4 Å². The van der Waals surface area contributed by atoms with E-state index < -0.39 is 0 Å². The molecule has 0 spiro atoms. The highest BCUT2D eigenvalue weighted by molar-refractivity contribution is 9.09. The van der Waals surface area contributed by atoms with E-state index in [9.17, 15) is 9.59 Å². The zero-order valence-corrected chi connectivity index (χ0v) is 13.5. The van der Waals surface area contributed by atoms with E-state index in [2.05, 4.69) is 21.2 Å². The Morgan fingerprint density at radius 2 is 1.83 bits per heavy atom. The van der Waals surface area contributed by atoms with E-state index in [-0.39, 0.29) is 23.9 Å². The maximum Gasteiger partial charge on any atom is 0.240 e. The fourth-order valence-corrected chi connectivity index (χ4v) is 1.93. The summed E-state index contributed by atoms with van der Waals surface area (Å²) in [7, 11) is 0. The monoisotopic (exact) mass is 320 g/mol. The Kier molecular flexibility index (Phi) is 8.24. The Morgan fingerprint density at radius 3 is 2.28 bits per heavy atom. The van der Waals surface area contributed by atoms with Crippen molar-refractivity contribution >= 4 is 27.7 Å². The number of carbonyl (C=O) groups is 2. The summed E-state index contributed by atoms with van der Waals surface area (Å²) in [5, 5.41) is 3.78. The highest BCUT2D eigenvalue weighted by Crippen LogP contribution is 2.04. The zero-order valence-electron chi connectivity index (χ0n) is 11.9. The van der Waals surface area contributed by atoms with E-state index in [1.165, 1.54) is 0 Å². The van der Waals surface area contributed by atoms with E-state index in [0.29, 0.717) is 13.0 Å². The number of unbranched alkanes of at least 4 members (excludes halogenated alkanes) is 1. The summed E-state index contributed by atoms with van der Waals surface area (Å²) < 4.78 is 0. The average molecular weight is 321 g/mol. The average Bonchev–Trinajstić information content (AvgIpc) is 2.23. The van der Waals surface area contributed by atoms with Gasteiger partial charge in [-0.2, -0.15) is 0 Å². The summed E-state index contributed by atoms with van der Waals surface area (Å²) >= 11 is 3.34. The molecule has 0 radical (unpaired) electrons. The van der Waals surface area contributed by atoms with Gasteiger partial charge in [0.05, 0.1) is 6.54 Å². The molecule has 0 aromatic rings. The lowest BCUT2D eigenvalue weighted by Gasteiger charge is -2.25. The molecule has 5 heteroatoms. The molecule has 0 heterocycles. The van der Waals surface area contributed by atoms with Crippen molar-refractivity contribution in [3.63, 3.8) is 0 Å². The van der Waals surface area contributed by atoms with Gasteiger partial charge in [0.2, 0.25) is 11.8 Å². The number of rotatable bonds is 7. The first kappa shape index (κ1) is 17.4. The molecule has 4 nitrogen and oxygen atoms in total. The van der Waals surface area contributed by atoms with Crippen LogP contribution in [-0.2, 0) is 9.59 Å². The lowest BCUT2D eigenvalue weighted by atomic mass is 10.1. The molecule has 0 saturated carbocycles.